The molecule has 0 radical (unpaired) electrons. The van der Waals surface area contributed by atoms with E-state index in [-0.39, 0.29) is 24.0 Å². The molecule has 4 nitrogen and oxygen atoms in total. The zero-order valence-corrected chi connectivity index (χ0v) is 15.2. The summed E-state index contributed by atoms with van der Waals surface area (Å²) in [6.45, 7) is 10.4. The highest BCUT2D eigenvalue weighted by atomic mass is 127. The van der Waals surface area contributed by atoms with Crippen molar-refractivity contribution in [2.24, 2.45) is 10.7 Å². The third kappa shape index (κ3) is 7.09. The molecule has 1 rings (SSSR count). The number of rotatable bonds is 6. The molecule has 0 aliphatic heterocycles. The Morgan fingerprint density at radius 3 is 2.20 bits per heavy atom. The molecular weight excluding hydrogens is 363 g/mol. The van der Waals surface area contributed by atoms with Gasteiger partial charge in [0.15, 0.2) is 5.96 Å². The first-order chi connectivity index (χ1) is 9.00. The summed E-state index contributed by atoms with van der Waals surface area (Å²) in [5.41, 5.74) is 6.83. The standard InChI is InChI=1S/C15H26N4.HI/c1-12(2)19(13(3)4)11-10-17-15(16)18-14-8-6-5-7-9-14;/h5-9,12-13H,10-11H2,1-4H3,(H3,16,17,18);1H. The Hall–Kier alpha value is -0.820. The van der Waals surface area contributed by atoms with Crippen LogP contribution in [0.15, 0.2) is 35.3 Å². The van der Waals surface area contributed by atoms with E-state index in [0.717, 1.165) is 12.2 Å². The van der Waals surface area contributed by atoms with Gasteiger partial charge in [-0.15, -0.1) is 24.0 Å². The van der Waals surface area contributed by atoms with E-state index in [1.54, 1.807) is 0 Å². The fourth-order valence-corrected chi connectivity index (χ4v) is 2.11. The molecule has 0 saturated carbocycles. The predicted octanol–water partition coefficient (Wildman–Crippen LogP) is 3.15. The van der Waals surface area contributed by atoms with Crippen molar-refractivity contribution in [3.8, 4) is 0 Å². The van der Waals surface area contributed by atoms with Gasteiger partial charge in [-0.3, -0.25) is 9.89 Å². The molecule has 0 atom stereocenters. The number of hydrogen-bond donors (Lipinski definition) is 2. The molecule has 0 aromatic heterocycles. The first kappa shape index (κ1) is 19.2. The van der Waals surface area contributed by atoms with Gasteiger partial charge in [0.2, 0.25) is 0 Å². The maximum Gasteiger partial charge on any atom is 0.193 e. The van der Waals surface area contributed by atoms with Crippen LogP contribution >= 0.6 is 24.0 Å². The lowest BCUT2D eigenvalue weighted by molar-refractivity contribution is 0.181. The Balaban J connectivity index is 0.00000361. The van der Waals surface area contributed by atoms with Gasteiger partial charge in [-0.2, -0.15) is 0 Å². The number of aliphatic imine (C=N–C) groups is 1. The van der Waals surface area contributed by atoms with Crippen molar-refractivity contribution in [1.82, 2.24) is 4.90 Å². The number of nitrogens with one attached hydrogen (secondary N) is 1. The van der Waals surface area contributed by atoms with Gasteiger partial charge in [-0.1, -0.05) is 18.2 Å². The third-order valence-electron chi connectivity index (χ3n) is 3.01. The van der Waals surface area contributed by atoms with Crippen LogP contribution in [0.1, 0.15) is 27.7 Å². The van der Waals surface area contributed by atoms with Gasteiger partial charge in [-0.05, 0) is 39.8 Å². The Morgan fingerprint density at radius 1 is 1.15 bits per heavy atom. The van der Waals surface area contributed by atoms with Gasteiger partial charge in [-0.25, -0.2) is 0 Å². The normalized spacial score (nSPS) is 11.8. The molecule has 3 N–H and O–H groups in total. The Kier molecular flexibility index (Phi) is 9.58. The van der Waals surface area contributed by atoms with Gasteiger partial charge in [0.05, 0.1) is 6.54 Å². The molecular formula is C15H27IN4. The van der Waals surface area contributed by atoms with Gasteiger partial charge >= 0.3 is 0 Å². The van der Waals surface area contributed by atoms with Gasteiger partial charge < -0.3 is 11.1 Å². The van der Waals surface area contributed by atoms with E-state index in [1.165, 1.54) is 0 Å². The predicted molar refractivity (Wildman–Crippen MR) is 98.9 cm³/mol. The quantitative estimate of drug-likeness (QED) is 0.446. The molecule has 0 saturated heterocycles. The minimum absolute atomic E-state index is 0. The fraction of sp³-hybridized carbons (Fsp3) is 0.533. The van der Waals surface area contributed by atoms with Crippen LogP contribution in [0.3, 0.4) is 0 Å². The molecule has 0 heterocycles. The largest absolute Gasteiger partial charge is 0.370 e. The molecule has 0 aliphatic rings. The second-order valence-electron chi connectivity index (χ2n) is 5.18. The van der Waals surface area contributed by atoms with Crippen molar-refractivity contribution in [2.75, 3.05) is 18.4 Å². The van der Waals surface area contributed by atoms with Crippen molar-refractivity contribution in [3.05, 3.63) is 30.3 Å². The summed E-state index contributed by atoms with van der Waals surface area (Å²) in [5.74, 6) is 0.471. The van der Waals surface area contributed by atoms with E-state index in [1.807, 2.05) is 30.3 Å². The van der Waals surface area contributed by atoms with Gasteiger partial charge in [0, 0.05) is 24.3 Å². The van der Waals surface area contributed by atoms with Crippen molar-refractivity contribution in [1.29, 1.82) is 0 Å². The van der Waals surface area contributed by atoms with Crippen molar-refractivity contribution in [3.63, 3.8) is 0 Å². The molecule has 1 aromatic rings. The molecule has 0 unspecified atom stereocenters. The molecule has 5 heteroatoms. The first-order valence-electron chi connectivity index (χ1n) is 6.88. The van der Waals surface area contributed by atoms with E-state index in [9.17, 15) is 0 Å². The second kappa shape index (κ2) is 9.99. The van der Waals surface area contributed by atoms with Gasteiger partial charge in [0.1, 0.15) is 0 Å². The Bertz CT molecular complexity index is 382. The monoisotopic (exact) mass is 390 g/mol. The smallest absolute Gasteiger partial charge is 0.193 e. The lowest BCUT2D eigenvalue weighted by atomic mass is 10.2. The number of halogens is 1. The highest BCUT2D eigenvalue weighted by Crippen LogP contribution is 2.05. The van der Waals surface area contributed by atoms with Crippen LogP contribution in [0.25, 0.3) is 0 Å². The second-order valence-corrected chi connectivity index (χ2v) is 5.18. The van der Waals surface area contributed by atoms with Crippen molar-refractivity contribution < 1.29 is 0 Å². The summed E-state index contributed by atoms with van der Waals surface area (Å²) in [6, 6.07) is 10.9. The summed E-state index contributed by atoms with van der Waals surface area (Å²) in [6.07, 6.45) is 0. The maximum atomic E-state index is 5.86. The van der Waals surface area contributed by atoms with Crippen molar-refractivity contribution in [2.45, 2.75) is 39.8 Å². The molecule has 0 spiro atoms. The molecule has 114 valence electrons. The summed E-state index contributed by atoms with van der Waals surface area (Å²) < 4.78 is 0. The number of nitrogens with two attached hydrogens (primary N) is 1. The van der Waals surface area contributed by atoms with E-state index in [2.05, 4.69) is 42.9 Å². The van der Waals surface area contributed by atoms with Crippen LogP contribution in [-0.4, -0.2) is 36.0 Å². The van der Waals surface area contributed by atoms with Crippen LogP contribution in [0, 0.1) is 0 Å². The highest BCUT2D eigenvalue weighted by Gasteiger charge is 2.11. The topological polar surface area (TPSA) is 53.6 Å². The number of benzene rings is 1. The SMILES string of the molecule is CC(C)N(CCN=C(N)Nc1ccccc1)C(C)C.I. The zero-order valence-electron chi connectivity index (χ0n) is 12.8. The number of nitrogens with zero attached hydrogens (tertiary/aromatic N) is 2. The van der Waals surface area contributed by atoms with Crippen molar-refractivity contribution >= 4 is 35.6 Å². The molecule has 0 bridgehead atoms. The van der Waals surface area contributed by atoms with E-state index < -0.39 is 0 Å². The summed E-state index contributed by atoms with van der Waals surface area (Å²) >= 11 is 0. The van der Waals surface area contributed by atoms with E-state index in [0.29, 0.717) is 24.6 Å². The van der Waals surface area contributed by atoms with E-state index in [4.69, 9.17) is 5.73 Å². The number of para-hydroxylation sites is 1. The zero-order chi connectivity index (χ0) is 14.3. The molecule has 20 heavy (non-hydrogen) atoms. The average molecular weight is 390 g/mol. The van der Waals surface area contributed by atoms with Gasteiger partial charge in [0.25, 0.3) is 0 Å². The van der Waals surface area contributed by atoms with Crippen LogP contribution in [0.4, 0.5) is 5.69 Å². The lowest BCUT2D eigenvalue weighted by Crippen LogP contribution is -2.39. The van der Waals surface area contributed by atoms with Crippen LogP contribution < -0.4 is 11.1 Å². The molecule has 0 amide bonds. The number of guanidine groups is 1. The van der Waals surface area contributed by atoms with Crippen LogP contribution in [-0.2, 0) is 0 Å². The summed E-state index contributed by atoms with van der Waals surface area (Å²) in [7, 11) is 0. The minimum Gasteiger partial charge on any atom is -0.370 e. The van der Waals surface area contributed by atoms with Crippen LogP contribution in [0.2, 0.25) is 0 Å². The van der Waals surface area contributed by atoms with Crippen LogP contribution in [0.5, 0.6) is 0 Å². The molecule has 0 fully saturated rings. The first-order valence-corrected chi connectivity index (χ1v) is 6.88. The Labute approximate surface area is 139 Å². The Morgan fingerprint density at radius 2 is 1.70 bits per heavy atom. The summed E-state index contributed by atoms with van der Waals surface area (Å²) in [4.78, 5) is 6.77. The number of hydrogen-bond acceptors (Lipinski definition) is 2. The average Bonchev–Trinajstić information content (AvgIpc) is 2.34. The number of anilines is 1. The molecule has 0 aliphatic carbocycles. The minimum atomic E-state index is 0. The maximum absolute atomic E-state index is 5.86. The lowest BCUT2D eigenvalue weighted by Gasteiger charge is -2.29. The fourth-order valence-electron chi connectivity index (χ4n) is 2.11. The third-order valence-corrected chi connectivity index (χ3v) is 3.01. The molecule has 1 aromatic carbocycles. The van der Waals surface area contributed by atoms with E-state index >= 15 is 0 Å². The summed E-state index contributed by atoms with van der Waals surface area (Å²) in [5, 5.41) is 3.08. The highest BCUT2D eigenvalue weighted by molar-refractivity contribution is 14.0.